The number of halogens is 2. The van der Waals surface area contributed by atoms with E-state index in [1.165, 1.54) is 11.0 Å². The van der Waals surface area contributed by atoms with Gasteiger partial charge in [-0.25, -0.2) is 12.8 Å². The van der Waals surface area contributed by atoms with Crippen LogP contribution in [-0.2, 0) is 26.2 Å². The standard InChI is InChI=1S/C23H29ClFN3O4S/c1-5-16(2)26-23(30)17(3)27(14-18-9-7-6-8-10-18)22(29)15-28(33(4,31)32)19-11-12-21(25)20(24)13-19/h6-13,16-17H,5,14-15H2,1-4H3,(H,26,30). The molecule has 0 radical (unpaired) electrons. The fourth-order valence-corrected chi connectivity index (χ4v) is 4.10. The van der Waals surface area contributed by atoms with Crippen LogP contribution in [0.3, 0.4) is 0 Å². The minimum atomic E-state index is -3.91. The van der Waals surface area contributed by atoms with E-state index in [2.05, 4.69) is 5.32 Å². The summed E-state index contributed by atoms with van der Waals surface area (Å²) in [6.07, 6.45) is 1.66. The molecule has 2 rings (SSSR count). The molecule has 0 aliphatic carbocycles. The van der Waals surface area contributed by atoms with Crippen molar-refractivity contribution in [1.29, 1.82) is 0 Å². The van der Waals surface area contributed by atoms with Gasteiger partial charge in [0.15, 0.2) is 0 Å². The maximum Gasteiger partial charge on any atom is 0.244 e. The van der Waals surface area contributed by atoms with Crippen molar-refractivity contribution in [2.45, 2.75) is 45.8 Å². The molecule has 2 aromatic carbocycles. The summed E-state index contributed by atoms with van der Waals surface area (Å²) in [4.78, 5) is 27.5. The van der Waals surface area contributed by atoms with Crippen LogP contribution >= 0.6 is 11.6 Å². The van der Waals surface area contributed by atoms with Crippen molar-refractivity contribution < 1.29 is 22.4 Å². The third-order valence-electron chi connectivity index (χ3n) is 5.23. The van der Waals surface area contributed by atoms with E-state index in [-0.39, 0.29) is 29.2 Å². The van der Waals surface area contributed by atoms with Crippen molar-refractivity contribution in [3.8, 4) is 0 Å². The van der Waals surface area contributed by atoms with Gasteiger partial charge in [-0.15, -0.1) is 0 Å². The highest BCUT2D eigenvalue weighted by Gasteiger charge is 2.30. The minimum Gasteiger partial charge on any atom is -0.352 e. The second kappa shape index (κ2) is 11.5. The fourth-order valence-electron chi connectivity index (χ4n) is 3.08. The molecule has 10 heteroatoms. The second-order valence-corrected chi connectivity index (χ2v) is 10.2. The van der Waals surface area contributed by atoms with Crippen LogP contribution in [0.25, 0.3) is 0 Å². The Morgan fingerprint density at radius 3 is 2.30 bits per heavy atom. The van der Waals surface area contributed by atoms with E-state index < -0.39 is 34.3 Å². The van der Waals surface area contributed by atoms with Gasteiger partial charge in [0.1, 0.15) is 18.4 Å². The Morgan fingerprint density at radius 2 is 1.76 bits per heavy atom. The minimum absolute atomic E-state index is 0.0496. The molecule has 0 saturated carbocycles. The third-order valence-corrected chi connectivity index (χ3v) is 6.66. The summed E-state index contributed by atoms with van der Waals surface area (Å²) in [5.41, 5.74) is 0.832. The first kappa shape index (κ1) is 26.6. The average molecular weight is 498 g/mol. The lowest BCUT2D eigenvalue weighted by molar-refractivity contribution is -0.139. The summed E-state index contributed by atoms with van der Waals surface area (Å²) < 4.78 is 39.4. The number of nitrogens with one attached hydrogen (secondary N) is 1. The molecule has 2 atom stereocenters. The van der Waals surface area contributed by atoms with E-state index >= 15 is 0 Å². The van der Waals surface area contributed by atoms with Crippen molar-refractivity contribution in [1.82, 2.24) is 10.2 Å². The van der Waals surface area contributed by atoms with E-state index in [0.717, 1.165) is 34.7 Å². The van der Waals surface area contributed by atoms with Gasteiger partial charge in [-0.2, -0.15) is 0 Å². The maximum absolute atomic E-state index is 13.6. The van der Waals surface area contributed by atoms with Crippen LogP contribution in [0.5, 0.6) is 0 Å². The number of carbonyl (C=O) groups excluding carboxylic acids is 2. The summed E-state index contributed by atoms with van der Waals surface area (Å²) in [7, 11) is -3.91. The van der Waals surface area contributed by atoms with Gasteiger partial charge in [0.05, 0.1) is 17.0 Å². The summed E-state index contributed by atoms with van der Waals surface area (Å²) >= 11 is 5.82. The highest BCUT2D eigenvalue weighted by Crippen LogP contribution is 2.25. The Kier molecular flexibility index (Phi) is 9.25. The molecule has 0 aliphatic rings. The largest absolute Gasteiger partial charge is 0.352 e. The zero-order valence-electron chi connectivity index (χ0n) is 19.1. The van der Waals surface area contributed by atoms with Crippen LogP contribution in [0.4, 0.5) is 10.1 Å². The molecule has 0 bridgehead atoms. The molecule has 180 valence electrons. The first-order valence-corrected chi connectivity index (χ1v) is 12.7. The molecular formula is C23H29ClFN3O4S. The first-order valence-electron chi connectivity index (χ1n) is 10.5. The monoisotopic (exact) mass is 497 g/mol. The van der Waals surface area contributed by atoms with E-state index in [4.69, 9.17) is 11.6 Å². The van der Waals surface area contributed by atoms with Crippen molar-refractivity contribution >= 4 is 39.1 Å². The lowest BCUT2D eigenvalue weighted by Gasteiger charge is -2.32. The molecule has 0 spiro atoms. The SMILES string of the molecule is CCC(C)NC(=O)C(C)N(Cc1ccccc1)C(=O)CN(c1ccc(F)c(Cl)c1)S(C)(=O)=O. The van der Waals surface area contributed by atoms with Gasteiger partial charge in [-0.05, 0) is 44.0 Å². The molecule has 0 saturated heterocycles. The Balaban J connectivity index is 2.38. The molecule has 2 aromatic rings. The third kappa shape index (κ3) is 7.43. The van der Waals surface area contributed by atoms with Crippen LogP contribution < -0.4 is 9.62 Å². The topological polar surface area (TPSA) is 86.8 Å². The Morgan fingerprint density at radius 1 is 1.12 bits per heavy atom. The predicted molar refractivity (Wildman–Crippen MR) is 128 cm³/mol. The zero-order chi connectivity index (χ0) is 24.8. The van der Waals surface area contributed by atoms with Crippen LogP contribution in [0.15, 0.2) is 48.5 Å². The maximum atomic E-state index is 13.6. The quantitative estimate of drug-likeness (QED) is 0.543. The molecule has 7 nitrogen and oxygen atoms in total. The van der Waals surface area contributed by atoms with Crippen LogP contribution in [0.1, 0.15) is 32.8 Å². The first-order chi connectivity index (χ1) is 15.4. The summed E-state index contributed by atoms with van der Waals surface area (Å²) in [6.45, 7) is 4.92. The van der Waals surface area contributed by atoms with E-state index in [0.29, 0.717) is 0 Å². The fraction of sp³-hybridized carbons (Fsp3) is 0.391. The van der Waals surface area contributed by atoms with Crippen molar-refractivity contribution in [2.75, 3.05) is 17.1 Å². The van der Waals surface area contributed by atoms with Crippen LogP contribution in [-0.4, -0.2) is 50.0 Å². The summed E-state index contributed by atoms with van der Waals surface area (Å²) in [5, 5.41) is 2.59. The number of benzene rings is 2. The molecule has 0 aromatic heterocycles. The van der Waals surface area contributed by atoms with Gasteiger partial charge >= 0.3 is 0 Å². The lowest BCUT2D eigenvalue weighted by atomic mass is 10.1. The highest BCUT2D eigenvalue weighted by molar-refractivity contribution is 7.92. The van der Waals surface area contributed by atoms with Gasteiger partial charge in [-0.1, -0.05) is 48.9 Å². The van der Waals surface area contributed by atoms with Gasteiger partial charge in [-0.3, -0.25) is 13.9 Å². The van der Waals surface area contributed by atoms with Crippen LogP contribution in [0.2, 0.25) is 5.02 Å². The van der Waals surface area contributed by atoms with Crippen molar-refractivity contribution in [2.24, 2.45) is 0 Å². The van der Waals surface area contributed by atoms with Crippen LogP contribution in [0, 0.1) is 5.82 Å². The Bertz CT molecular complexity index is 1080. The molecule has 0 heterocycles. The van der Waals surface area contributed by atoms with E-state index in [1.807, 2.05) is 44.2 Å². The lowest BCUT2D eigenvalue weighted by Crippen LogP contribution is -2.52. The highest BCUT2D eigenvalue weighted by atomic mass is 35.5. The summed E-state index contributed by atoms with van der Waals surface area (Å²) in [6, 6.07) is 11.6. The van der Waals surface area contributed by atoms with Gasteiger partial charge < -0.3 is 10.2 Å². The molecule has 1 N–H and O–H groups in total. The Labute approximate surface area is 199 Å². The number of hydrogen-bond acceptors (Lipinski definition) is 4. The number of hydrogen-bond donors (Lipinski definition) is 1. The number of amides is 2. The molecule has 2 unspecified atom stereocenters. The Hall–Kier alpha value is -2.65. The second-order valence-electron chi connectivity index (χ2n) is 7.87. The predicted octanol–water partition coefficient (Wildman–Crippen LogP) is 3.58. The van der Waals surface area contributed by atoms with E-state index in [1.54, 1.807) is 6.92 Å². The van der Waals surface area contributed by atoms with Gasteiger partial charge in [0.2, 0.25) is 21.8 Å². The number of sulfonamides is 1. The molecular weight excluding hydrogens is 469 g/mol. The number of anilines is 1. The smallest absolute Gasteiger partial charge is 0.244 e. The number of rotatable bonds is 10. The average Bonchev–Trinajstić information content (AvgIpc) is 2.76. The molecule has 0 aliphatic heterocycles. The van der Waals surface area contributed by atoms with Crippen molar-refractivity contribution in [3.63, 3.8) is 0 Å². The number of carbonyl (C=O) groups is 2. The normalized spacial score (nSPS) is 13.2. The van der Waals surface area contributed by atoms with Gasteiger partial charge in [0, 0.05) is 12.6 Å². The summed E-state index contributed by atoms with van der Waals surface area (Å²) in [5.74, 6) is -1.64. The van der Waals surface area contributed by atoms with Crippen molar-refractivity contribution in [3.05, 3.63) is 64.9 Å². The molecule has 0 fully saturated rings. The molecule has 2 amide bonds. The van der Waals surface area contributed by atoms with Gasteiger partial charge in [0.25, 0.3) is 0 Å². The zero-order valence-corrected chi connectivity index (χ0v) is 20.7. The van der Waals surface area contributed by atoms with E-state index in [9.17, 15) is 22.4 Å². The number of nitrogens with zero attached hydrogens (tertiary/aromatic N) is 2. The molecule has 33 heavy (non-hydrogen) atoms.